The number of nitrogens with zero attached hydrogens (tertiary/aromatic N) is 2. The lowest BCUT2D eigenvalue weighted by Gasteiger charge is -2.10. The van der Waals surface area contributed by atoms with Gasteiger partial charge in [0.15, 0.2) is 5.69 Å². The normalized spacial score (nSPS) is 10.6. The van der Waals surface area contributed by atoms with Crippen molar-refractivity contribution in [2.45, 2.75) is 13.5 Å². The molecular formula is C23H24N2O6. The zero-order valence-electron chi connectivity index (χ0n) is 17.9. The van der Waals surface area contributed by atoms with Gasteiger partial charge in [0, 0.05) is 17.7 Å². The average Bonchev–Trinajstić information content (AvgIpc) is 3.22. The summed E-state index contributed by atoms with van der Waals surface area (Å²) in [5.41, 5.74) is 2.28. The Balaban J connectivity index is 2.28. The summed E-state index contributed by atoms with van der Waals surface area (Å²) in [5, 5.41) is 4.60. The van der Waals surface area contributed by atoms with Crippen molar-refractivity contribution in [1.82, 2.24) is 9.78 Å². The molecule has 0 aliphatic rings. The van der Waals surface area contributed by atoms with E-state index in [-0.39, 0.29) is 17.0 Å². The van der Waals surface area contributed by atoms with Gasteiger partial charge in [-0.1, -0.05) is 18.2 Å². The van der Waals surface area contributed by atoms with Crippen LogP contribution in [0.15, 0.2) is 48.5 Å². The maximum Gasteiger partial charge on any atom is 0.357 e. The van der Waals surface area contributed by atoms with Crippen LogP contribution in [0, 0.1) is 0 Å². The number of hydrogen-bond donors (Lipinski definition) is 0. The van der Waals surface area contributed by atoms with Gasteiger partial charge in [-0.2, -0.15) is 5.10 Å². The standard InChI is InChI=1S/C23H24N2O6/c1-5-31-14-16-13-15(11-12-18(16)28-2)20-19(22(26)29-3)21(23(27)30-4)25(24-20)17-9-7-6-8-10-17/h6-13H,5,14H2,1-4H3. The third kappa shape index (κ3) is 4.44. The van der Waals surface area contributed by atoms with Crippen LogP contribution in [0.5, 0.6) is 5.75 Å². The molecule has 8 nitrogen and oxygen atoms in total. The number of carbonyl (C=O) groups excluding carboxylic acids is 2. The van der Waals surface area contributed by atoms with Gasteiger partial charge in [0.1, 0.15) is 17.0 Å². The van der Waals surface area contributed by atoms with Crippen LogP contribution in [0.3, 0.4) is 0 Å². The minimum atomic E-state index is -0.703. The topological polar surface area (TPSA) is 88.9 Å². The van der Waals surface area contributed by atoms with E-state index in [2.05, 4.69) is 5.10 Å². The predicted molar refractivity (Wildman–Crippen MR) is 114 cm³/mol. The summed E-state index contributed by atoms with van der Waals surface area (Å²) in [6, 6.07) is 14.4. The summed E-state index contributed by atoms with van der Waals surface area (Å²) in [7, 11) is 4.07. The number of carbonyl (C=O) groups is 2. The predicted octanol–water partition coefficient (Wildman–Crippen LogP) is 3.66. The Morgan fingerprint density at radius 2 is 1.68 bits per heavy atom. The average molecular weight is 424 g/mol. The number of methoxy groups -OCH3 is 3. The number of ether oxygens (including phenoxy) is 4. The second-order valence-corrected chi connectivity index (χ2v) is 6.47. The molecule has 3 aromatic rings. The number of rotatable bonds is 8. The largest absolute Gasteiger partial charge is 0.496 e. The molecule has 0 N–H and O–H groups in total. The van der Waals surface area contributed by atoms with Crippen LogP contribution < -0.4 is 4.74 Å². The monoisotopic (exact) mass is 424 g/mol. The minimum Gasteiger partial charge on any atom is -0.496 e. The zero-order valence-corrected chi connectivity index (χ0v) is 17.9. The highest BCUT2D eigenvalue weighted by molar-refractivity contribution is 6.06. The van der Waals surface area contributed by atoms with Gasteiger partial charge in [-0.3, -0.25) is 0 Å². The SMILES string of the molecule is CCOCc1cc(-c2nn(-c3ccccc3)c(C(=O)OC)c2C(=O)OC)ccc1OC. The molecule has 0 spiro atoms. The van der Waals surface area contributed by atoms with Crippen molar-refractivity contribution in [3.05, 3.63) is 65.4 Å². The number of esters is 2. The fourth-order valence-electron chi connectivity index (χ4n) is 3.21. The lowest BCUT2D eigenvalue weighted by atomic mass is 10.0. The van der Waals surface area contributed by atoms with Gasteiger partial charge in [0.2, 0.25) is 0 Å². The molecule has 0 aliphatic heterocycles. The summed E-state index contributed by atoms with van der Waals surface area (Å²) < 4.78 is 22.3. The van der Waals surface area contributed by atoms with E-state index in [4.69, 9.17) is 18.9 Å². The van der Waals surface area contributed by atoms with Crippen LogP contribution in [0.4, 0.5) is 0 Å². The molecule has 1 heterocycles. The second kappa shape index (κ2) is 9.90. The Morgan fingerprint density at radius 3 is 2.29 bits per heavy atom. The van der Waals surface area contributed by atoms with Gasteiger partial charge in [0.25, 0.3) is 0 Å². The molecule has 0 saturated carbocycles. The maximum absolute atomic E-state index is 12.7. The molecule has 8 heteroatoms. The molecular weight excluding hydrogens is 400 g/mol. The van der Waals surface area contributed by atoms with Crippen molar-refractivity contribution in [2.24, 2.45) is 0 Å². The summed E-state index contributed by atoms with van der Waals surface area (Å²) in [6.07, 6.45) is 0. The smallest absolute Gasteiger partial charge is 0.357 e. The molecule has 0 fully saturated rings. The first-order valence-corrected chi connectivity index (χ1v) is 9.65. The maximum atomic E-state index is 12.7. The Labute approximate surface area is 180 Å². The zero-order chi connectivity index (χ0) is 22.4. The van der Waals surface area contributed by atoms with Crippen LogP contribution >= 0.6 is 0 Å². The lowest BCUT2D eigenvalue weighted by Crippen LogP contribution is -2.15. The minimum absolute atomic E-state index is 0.0160. The number of aromatic nitrogens is 2. The van der Waals surface area contributed by atoms with Crippen molar-refractivity contribution < 1.29 is 28.5 Å². The van der Waals surface area contributed by atoms with Gasteiger partial charge in [-0.25, -0.2) is 14.3 Å². The molecule has 162 valence electrons. The molecule has 0 saturated heterocycles. The summed E-state index contributed by atoms with van der Waals surface area (Å²) in [6.45, 7) is 2.76. The van der Waals surface area contributed by atoms with Crippen LogP contribution in [-0.2, 0) is 20.8 Å². The summed E-state index contributed by atoms with van der Waals surface area (Å²) in [5.74, 6) is -0.752. The molecule has 0 radical (unpaired) electrons. The highest BCUT2D eigenvalue weighted by Gasteiger charge is 2.31. The van der Waals surface area contributed by atoms with E-state index in [9.17, 15) is 9.59 Å². The third-order valence-electron chi connectivity index (χ3n) is 4.67. The lowest BCUT2D eigenvalue weighted by molar-refractivity contribution is 0.0549. The van der Waals surface area contributed by atoms with E-state index in [1.165, 1.54) is 18.9 Å². The molecule has 1 aromatic heterocycles. The van der Waals surface area contributed by atoms with E-state index in [1.54, 1.807) is 31.4 Å². The van der Waals surface area contributed by atoms with E-state index in [0.717, 1.165) is 5.56 Å². The molecule has 0 atom stereocenters. The van der Waals surface area contributed by atoms with E-state index >= 15 is 0 Å². The van der Waals surface area contributed by atoms with Gasteiger partial charge in [0.05, 0.1) is 33.6 Å². The Bertz CT molecular complexity index is 1080. The van der Waals surface area contributed by atoms with Crippen molar-refractivity contribution in [2.75, 3.05) is 27.9 Å². The molecule has 31 heavy (non-hydrogen) atoms. The highest BCUT2D eigenvalue weighted by Crippen LogP contribution is 2.32. The van der Waals surface area contributed by atoms with Crippen LogP contribution in [0.1, 0.15) is 33.3 Å². The van der Waals surface area contributed by atoms with Crippen molar-refractivity contribution in [1.29, 1.82) is 0 Å². The first-order chi connectivity index (χ1) is 15.0. The number of hydrogen-bond acceptors (Lipinski definition) is 7. The van der Waals surface area contributed by atoms with Gasteiger partial charge in [-0.15, -0.1) is 0 Å². The fourth-order valence-corrected chi connectivity index (χ4v) is 3.21. The molecule has 2 aromatic carbocycles. The Hall–Kier alpha value is -3.65. The molecule has 0 bridgehead atoms. The number of benzene rings is 2. The Morgan fingerprint density at radius 1 is 0.968 bits per heavy atom. The molecule has 3 rings (SSSR count). The first-order valence-electron chi connectivity index (χ1n) is 9.65. The first kappa shape index (κ1) is 22.0. The molecule has 0 amide bonds. The van der Waals surface area contributed by atoms with E-state index in [1.807, 2.05) is 31.2 Å². The van der Waals surface area contributed by atoms with Crippen LogP contribution in [0.25, 0.3) is 16.9 Å². The van der Waals surface area contributed by atoms with E-state index in [0.29, 0.717) is 30.2 Å². The van der Waals surface area contributed by atoms with Crippen molar-refractivity contribution in [3.63, 3.8) is 0 Å². The fraction of sp³-hybridized carbons (Fsp3) is 0.261. The number of para-hydroxylation sites is 1. The Kier molecular flexibility index (Phi) is 7.04. The van der Waals surface area contributed by atoms with Crippen molar-refractivity contribution in [3.8, 4) is 22.7 Å². The summed E-state index contributed by atoms with van der Waals surface area (Å²) >= 11 is 0. The van der Waals surface area contributed by atoms with Crippen molar-refractivity contribution >= 4 is 11.9 Å². The van der Waals surface area contributed by atoms with Gasteiger partial charge in [-0.05, 0) is 37.3 Å². The quantitative estimate of drug-likeness (QED) is 0.510. The third-order valence-corrected chi connectivity index (χ3v) is 4.67. The molecule has 0 aliphatic carbocycles. The van der Waals surface area contributed by atoms with Gasteiger partial charge < -0.3 is 18.9 Å². The van der Waals surface area contributed by atoms with E-state index < -0.39 is 11.9 Å². The second-order valence-electron chi connectivity index (χ2n) is 6.47. The molecule has 0 unspecified atom stereocenters. The van der Waals surface area contributed by atoms with Crippen LogP contribution in [-0.4, -0.2) is 49.7 Å². The highest BCUT2D eigenvalue weighted by atomic mass is 16.5. The summed E-state index contributed by atoms with van der Waals surface area (Å²) in [4.78, 5) is 25.4. The van der Waals surface area contributed by atoms with Crippen LogP contribution in [0.2, 0.25) is 0 Å². The van der Waals surface area contributed by atoms with Gasteiger partial charge >= 0.3 is 11.9 Å².